The molecule has 17 heavy (non-hydrogen) atoms. The average molecular weight is 234 g/mol. The van der Waals surface area contributed by atoms with Crippen LogP contribution in [0.25, 0.3) is 0 Å². The summed E-state index contributed by atoms with van der Waals surface area (Å²) in [5, 5.41) is 0. The zero-order valence-corrected chi connectivity index (χ0v) is 10.7. The number of aryl methyl sites for hydroxylation is 2. The quantitative estimate of drug-likeness (QED) is 0.457. The lowest BCUT2D eigenvalue weighted by molar-refractivity contribution is -0.145. The molecule has 0 amide bonds. The van der Waals surface area contributed by atoms with E-state index < -0.39 is 11.9 Å². The first kappa shape index (κ1) is 13.4. The van der Waals surface area contributed by atoms with E-state index >= 15 is 0 Å². The van der Waals surface area contributed by atoms with Crippen LogP contribution in [-0.2, 0) is 9.53 Å². The Balaban J connectivity index is 2.96. The van der Waals surface area contributed by atoms with Gasteiger partial charge in [0.1, 0.15) is 5.92 Å². The molecule has 0 N–H and O–H groups in total. The number of ether oxygens (including phenoxy) is 1. The molecule has 3 nitrogen and oxygen atoms in total. The van der Waals surface area contributed by atoms with Crippen LogP contribution in [0.3, 0.4) is 0 Å². The number of carbonyl (C=O) groups excluding carboxylic acids is 2. The Kier molecular flexibility index (Phi) is 4.44. The minimum Gasteiger partial charge on any atom is -0.465 e. The van der Waals surface area contributed by atoms with Crippen molar-refractivity contribution < 1.29 is 14.3 Å². The van der Waals surface area contributed by atoms with E-state index in [0.29, 0.717) is 12.2 Å². The number of esters is 1. The van der Waals surface area contributed by atoms with E-state index in [9.17, 15) is 9.59 Å². The molecule has 0 aliphatic heterocycles. The number of ketones is 1. The molecule has 0 aromatic heterocycles. The number of Topliss-reactive ketones (excluding diaryl/α,β-unsaturated/α-hetero) is 1. The third-order valence-electron chi connectivity index (χ3n) is 2.69. The monoisotopic (exact) mass is 234 g/mol. The second-order valence-electron chi connectivity index (χ2n) is 4.16. The Morgan fingerprint density at radius 1 is 1.29 bits per heavy atom. The van der Waals surface area contributed by atoms with Gasteiger partial charge in [-0.05, 0) is 39.3 Å². The normalized spacial score (nSPS) is 12.0. The van der Waals surface area contributed by atoms with Crippen molar-refractivity contribution in [3.05, 3.63) is 34.9 Å². The zero-order valence-electron chi connectivity index (χ0n) is 10.7. The Hall–Kier alpha value is -1.64. The number of hydrogen-bond acceptors (Lipinski definition) is 3. The molecule has 0 fully saturated rings. The van der Waals surface area contributed by atoms with E-state index in [0.717, 1.165) is 11.1 Å². The van der Waals surface area contributed by atoms with Crippen molar-refractivity contribution in [2.75, 3.05) is 6.61 Å². The molecule has 0 unspecified atom stereocenters. The number of benzene rings is 1. The van der Waals surface area contributed by atoms with Gasteiger partial charge in [-0.25, -0.2) is 0 Å². The summed E-state index contributed by atoms with van der Waals surface area (Å²) >= 11 is 0. The van der Waals surface area contributed by atoms with Crippen molar-refractivity contribution in [1.29, 1.82) is 0 Å². The molecular weight excluding hydrogens is 216 g/mol. The molecule has 0 aliphatic rings. The summed E-state index contributed by atoms with van der Waals surface area (Å²) in [6, 6.07) is 5.65. The van der Waals surface area contributed by atoms with Crippen molar-refractivity contribution >= 4 is 11.8 Å². The molecule has 0 radical (unpaired) electrons. The van der Waals surface area contributed by atoms with Crippen molar-refractivity contribution in [1.82, 2.24) is 0 Å². The summed E-state index contributed by atoms with van der Waals surface area (Å²) in [5.41, 5.74) is 2.50. The van der Waals surface area contributed by atoms with Crippen molar-refractivity contribution in [3.63, 3.8) is 0 Å². The van der Waals surface area contributed by atoms with Crippen LogP contribution in [0, 0.1) is 19.8 Å². The summed E-state index contributed by atoms with van der Waals surface area (Å²) in [4.78, 5) is 23.6. The standard InChI is InChI=1S/C14H18O3/c1-5-17-14(16)11(4)13(15)12-8-9(2)6-7-10(12)3/h6-8,11H,5H2,1-4H3/t11-/m1/s1. The first-order valence-electron chi connectivity index (χ1n) is 5.75. The van der Waals surface area contributed by atoms with Gasteiger partial charge in [-0.15, -0.1) is 0 Å². The zero-order chi connectivity index (χ0) is 13.0. The summed E-state index contributed by atoms with van der Waals surface area (Å²) in [6.07, 6.45) is 0. The SMILES string of the molecule is CCOC(=O)[C@H](C)C(=O)c1cc(C)ccc1C. The molecule has 92 valence electrons. The molecule has 0 saturated carbocycles. The Morgan fingerprint density at radius 3 is 2.53 bits per heavy atom. The van der Waals surface area contributed by atoms with E-state index in [2.05, 4.69) is 0 Å². The van der Waals surface area contributed by atoms with Gasteiger partial charge >= 0.3 is 5.97 Å². The van der Waals surface area contributed by atoms with Crippen LogP contribution in [0.5, 0.6) is 0 Å². The highest BCUT2D eigenvalue weighted by Crippen LogP contribution is 2.16. The minimum atomic E-state index is -0.740. The minimum absolute atomic E-state index is 0.176. The van der Waals surface area contributed by atoms with Crippen LogP contribution in [0.4, 0.5) is 0 Å². The fourth-order valence-electron chi connectivity index (χ4n) is 1.61. The first-order chi connectivity index (χ1) is 7.97. The highest BCUT2D eigenvalue weighted by molar-refractivity contribution is 6.09. The molecule has 0 heterocycles. The lowest BCUT2D eigenvalue weighted by Crippen LogP contribution is -2.24. The van der Waals surface area contributed by atoms with Crippen LogP contribution in [-0.4, -0.2) is 18.4 Å². The molecule has 0 aliphatic carbocycles. The molecule has 1 rings (SSSR count). The van der Waals surface area contributed by atoms with Gasteiger partial charge in [0, 0.05) is 5.56 Å². The predicted octanol–water partition coefficient (Wildman–Crippen LogP) is 2.69. The largest absolute Gasteiger partial charge is 0.465 e. The van der Waals surface area contributed by atoms with Crippen molar-refractivity contribution in [2.45, 2.75) is 27.7 Å². The van der Waals surface area contributed by atoms with E-state index in [1.165, 1.54) is 0 Å². The molecule has 0 bridgehead atoms. The second kappa shape index (κ2) is 5.62. The smallest absolute Gasteiger partial charge is 0.316 e. The van der Waals surface area contributed by atoms with Gasteiger partial charge in [0.2, 0.25) is 0 Å². The topological polar surface area (TPSA) is 43.4 Å². The van der Waals surface area contributed by atoms with Crippen LogP contribution in [0.15, 0.2) is 18.2 Å². The first-order valence-corrected chi connectivity index (χ1v) is 5.75. The van der Waals surface area contributed by atoms with Crippen molar-refractivity contribution in [2.24, 2.45) is 5.92 Å². The second-order valence-corrected chi connectivity index (χ2v) is 4.16. The predicted molar refractivity (Wildman–Crippen MR) is 66.0 cm³/mol. The maximum Gasteiger partial charge on any atom is 0.316 e. The van der Waals surface area contributed by atoms with E-state index in [1.54, 1.807) is 13.8 Å². The third kappa shape index (κ3) is 3.16. The fourth-order valence-corrected chi connectivity index (χ4v) is 1.61. The van der Waals surface area contributed by atoms with Gasteiger partial charge < -0.3 is 4.74 Å². The van der Waals surface area contributed by atoms with E-state index in [-0.39, 0.29) is 5.78 Å². The van der Waals surface area contributed by atoms with E-state index in [1.807, 2.05) is 32.0 Å². The van der Waals surface area contributed by atoms with Gasteiger partial charge in [0.05, 0.1) is 6.61 Å². The maximum absolute atomic E-state index is 12.1. The summed E-state index contributed by atoms with van der Waals surface area (Å²) < 4.78 is 4.86. The highest BCUT2D eigenvalue weighted by Gasteiger charge is 2.24. The summed E-state index contributed by atoms with van der Waals surface area (Å²) in [7, 11) is 0. The van der Waals surface area contributed by atoms with Crippen LogP contribution in [0.2, 0.25) is 0 Å². The molecule has 0 spiro atoms. The van der Waals surface area contributed by atoms with Crippen molar-refractivity contribution in [3.8, 4) is 0 Å². The third-order valence-corrected chi connectivity index (χ3v) is 2.69. The Morgan fingerprint density at radius 2 is 1.94 bits per heavy atom. The van der Waals surface area contributed by atoms with Gasteiger partial charge in [0.15, 0.2) is 5.78 Å². The molecule has 1 atom stereocenters. The van der Waals surface area contributed by atoms with Gasteiger partial charge in [-0.3, -0.25) is 9.59 Å². The summed E-state index contributed by atoms with van der Waals surface area (Å²) in [6.45, 7) is 7.40. The maximum atomic E-state index is 12.1. The lowest BCUT2D eigenvalue weighted by atomic mass is 9.94. The highest BCUT2D eigenvalue weighted by atomic mass is 16.5. The van der Waals surface area contributed by atoms with Crippen LogP contribution in [0.1, 0.15) is 35.3 Å². The van der Waals surface area contributed by atoms with Gasteiger partial charge in [-0.2, -0.15) is 0 Å². The Bertz CT molecular complexity index is 435. The van der Waals surface area contributed by atoms with Gasteiger partial charge in [0.25, 0.3) is 0 Å². The molecule has 3 heteroatoms. The molecule has 0 saturated heterocycles. The molecule has 1 aromatic rings. The Labute approximate surface area is 102 Å². The summed E-state index contributed by atoms with van der Waals surface area (Å²) in [5.74, 6) is -1.38. The fraction of sp³-hybridized carbons (Fsp3) is 0.429. The number of hydrogen-bond donors (Lipinski definition) is 0. The molecular formula is C14H18O3. The molecule has 1 aromatic carbocycles. The van der Waals surface area contributed by atoms with E-state index in [4.69, 9.17) is 4.74 Å². The number of carbonyl (C=O) groups is 2. The van der Waals surface area contributed by atoms with Gasteiger partial charge in [-0.1, -0.05) is 17.7 Å². The lowest BCUT2D eigenvalue weighted by Gasteiger charge is -2.11. The average Bonchev–Trinajstić information content (AvgIpc) is 2.30. The number of rotatable bonds is 4. The van der Waals surface area contributed by atoms with Crippen LogP contribution >= 0.6 is 0 Å². The van der Waals surface area contributed by atoms with Crippen LogP contribution < -0.4 is 0 Å².